The van der Waals surface area contributed by atoms with Gasteiger partial charge in [0, 0.05) is 17.4 Å². The Kier molecular flexibility index (Phi) is 4.13. The Labute approximate surface area is 128 Å². The molecule has 2 aromatic carbocycles. The summed E-state index contributed by atoms with van der Waals surface area (Å²) in [7, 11) is 2.74. The van der Waals surface area contributed by atoms with Crippen molar-refractivity contribution in [2.24, 2.45) is 0 Å². The molecule has 2 heteroatoms. The van der Waals surface area contributed by atoms with Crippen molar-refractivity contribution in [3.05, 3.63) is 78.0 Å². The van der Waals surface area contributed by atoms with Crippen molar-refractivity contribution in [1.29, 1.82) is 0 Å². The molecule has 0 bridgehead atoms. The van der Waals surface area contributed by atoms with E-state index in [1.807, 2.05) is 6.07 Å². The highest BCUT2D eigenvalue weighted by molar-refractivity contribution is 7.15. The third-order valence-electron chi connectivity index (χ3n) is 3.63. The van der Waals surface area contributed by atoms with Crippen molar-refractivity contribution >= 4 is 9.24 Å². The fraction of sp³-hybridized carbons (Fsp3) is 0.105. The van der Waals surface area contributed by atoms with Gasteiger partial charge in [0.25, 0.3) is 0 Å². The molecule has 1 atom stereocenters. The minimum Gasteiger partial charge on any atom is -0.252 e. The molecule has 0 aliphatic rings. The molecule has 3 aromatic rings. The average molecular weight is 291 g/mol. The van der Waals surface area contributed by atoms with Crippen molar-refractivity contribution < 1.29 is 0 Å². The molecule has 0 saturated carbocycles. The molecule has 1 aromatic heterocycles. The van der Waals surface area contributed by atoms with E-state index in [-0.39, 0.29) is 0 Å². The van der Waals surface area contributed by atoms with Crippen LogP contribution < -0.4 is 0 Å². The lowest BCUT2D eigenvalue weighted by atomic mass is 9.93. The van der Waals surface area contributed by atoms with Gasteiger partial charge < -0.3 is 0 Å². The summed E-state index contributed by atoms with van der Waals surface area (Å²) in [5, 5.41) is 0. The Bertz CT molecular complexity index is 751. The van der Waals surface area contributed by atoms with Gasteiger partial charge in [-0.2, -0.15) is 0 Å². The number of hydrogen-bond donors (Lipinski definition) is 0. The fourth-order valence-electron chi connectivity index (χ4n) is 2.60. The van der Waals surface area contributed by atoms with E-state index < -0.39 is 0 Å². The van der Waals surface area contributed by atoms with E-state index in [1.54, 1.807) is 0 Å². The molecule has 0 aliphatic carbocycles. The molecule has 0 saturated heterocycles. The summed E-state index contributed by atoms with van der Waals surface area (Å²) in [6.45, 7) is 2.15. The molecule has 21 heavy (non-hydrogen) atoms. The lowest BCUT2D eigenvalue weighted by Gasteiger charge is -2.13. The predicted octanol–water partition coefficient (Wildman–Crippen LogP) is 5.10. The van der Waals surface area contributed by atoms with Crippen molar-refractivity contribution in [3.63, 3.8) is 0 Å². The van der Waals surface area contributed by atoms with Gasteiger partial charge in [-0.3, -0.25) is 4.98 Å². The van der Waals surface area contributed by atoms with E-state index in [0.29, 0.717) is 0 Å². The second kappa shape index (κ2) is 6.20. The molecule has 104 valence electrons. The van der Waals surface area contributed by atoms with Crippen LogP contribution in [0.4, 0.5) is 0 Å². The van der Waals surface area contributed by atoms with Crippen LogP contribution in [-0.4, -0.2) is 4.98 Å². The lowest BCUT2D eigenvalue weighted by molar-refractivity contribution is 1.18. The second-order valence-electron chi connectivity index (χ2n) is 5.08. The third kappa shape index (κ3) is 2.89. The van der Waals surface area contributed by atoms with Crippen molar-refractivity contribution in [2.45, 2.75) is 13.1 Å². The zero-order valence-electron chi connectivity index (χ0n) is 12.1. The van der Waals surface area contributed by atoms with E-state index >= 15 is 0 Å². The summed E-state index contributed by atoms with van der Waals surface area (Å²) in [5.74, 6) is 0. The summed E-state index contributed by atoms with van der Waals surface area (Å²) in [5.41, 5.74) is 7.10. The van der Waals surface area contributed by atoms with Gasteiger partial charge in [0.05, 0.1) is 5.69 Å². The zero-order chi connectivity index (χ0) is 14.7. The smallest absolute Gasteiger partial charge is 0.0714 e. The summed E-state index contributed by atoms with van der Waals surface area (Å²) in [6, 6.07) is 23.2. The van der Waals surface area contributed by atoms with Crippen LogP contribution in [0.15, 0.2) is 66.7 Å². The number of hydrogen-bond acceptors (Lipinski definition) is 1. The highest BCUT2D eigenvalue weighted by atomic mass is 31.0. The number of aromatic nitrogens is 1. The van der Waals surface area contributed by atoms with Crippen molar-refractivity contribution in [1.82, 2.24) is 4.98 Å². The fourth-order valence-corrected chi connectivity index (χ4v) is 2.83. The number of rotatable bonds is 3. The lowest BCUT2D eigenvalue weighted by Crippen LogP contribution is -1.94. The zero-order valence-corrected chi connectivity index (χ0v) is 13.2. The van der Waals surface area contributed by atoms with Crippen LogP contribution in [-0.2, 0) is 6.16 Å². The van der Waals surface area contributed by atoms with Crippen LogP contribution >= 0.6 is 9.24 Å². The highest BCUT2D eigenvalue weighted by Crippen LogP contribution is 2.33. The minimum absolute atomic E-state index is 0.875. The molecule has 3 rings (SSSR count). The summed E-state index contributed by atoms with van der Waals surface area (Å²) >= 11 is 0. The SMILES string of the molecule is Cc1cccc(-c2ccccc2)c1-c1cccc(CP)n1. The molecule has 0 aliphatic heterocycles. The van der Waals surface area contributed by atoms with Crippen LogP contribution in [0.2, 0.25) is 0 Å². The number of benzene rings is 2. The van der Waals surface area contributed by atoms with E-state index in [2.05, 4.69) is 76.8 Å². The van der Waals surface area contributed by atoms with Gasteiger partial charge in [-0.25, -0.2) is 0 Å². The van der Waals surface area contributed by atoms with Gasteiger partial charge in [0.2, 0.25) is 0 Å². The van der Waals surface area contributed by atoms with Crippen LogP contribution in [0.1, 0.15) is 11.3 Å². The first-order valence-electron chi connectivity index (χ1n) is 7.11. The second-order valence-corrected chi connectivity index (χ2v) is 5.49. The molecule has 1 heterocycles. The standard InChI is InChI=1S/C19H18NP/c1-14-7-5-11-17(15-8-3-2-4-9-15)19(14)18-12-6-10-16(13-21)20-18/h2-12H,13,21H2,1H3. The van der Waals surface area contributed by atoms with Crippen molar-refractivity contribution in [3.8, 4) is 22.4 Å². The van der Waals surface area contributed by atoms with Crippen LogP contribution in [0, 0.1) is 6.92 Å². The van der Waals surface area contributed by atoms with Crippen molar-refractivity contribution in [2.75, 3.05) is 0 Å². The largest absolute Gasteiger partial charge is 0.252 e. The molecule has 0 fully saturated rings. The molecule has 0 N–H and O–H groups in total. The Hall–Kier alpha value is -1.98. The first kappa shape index (κ1) is 14.0. The molecule has 1 nitrogen and oxygen atoms in total. The van der Waals surface area contributed by atoms with E-state index in [1.165, 1.54) is 22.3 Å². The van der Waals surface area contributed by atoms with Gasteiger partial charge >= 0.3 is 0 Å². The van der Waals surface area contributed by atoms with Crippen LogP contribution in [0.5, 0.6) is 0 Å². The summed E-state index contributed by atoms with van der Waals surface area (Å²) < 4.78 is 0. The Morgan fingerprint density at radius 2 is 1.62 bits per heavy atom. The van der Waals surface area contributed by atoms with Crippen LogP contribution in [0.3, 0.4) is 0 Å². The average Bonchev–Trinajstić information content (AvgIpc) is 2.55. The molecule has 0 spiro atoms. The maximum atomic E-state index is 4.79. The minimum atomic E-state index is 0.875. The number of pyridine rings is 1. The van der Waals surface area contributed by atoms with E-state index in [9.17, 15) is 0 Å². The van der Waals surface area contributed by atoms with E-state index in [0.717, 1.165) is 17.5 Å². The van der Waals surface area contributed by atoms with Gasteiger partial charge in [-0.1, -0.05) is 54.6 Å². The van der Waals surface area contributed by atoms with E-state index in [4.69, 9.17) is 4.98 Å². The monoisotopic (exact) mass is 291 g/mol. The summed E-state index contributed by atoms with van der Waals surface area (Å²) in [6.07, 6.45) is 0.875. The molecular weight excluding hydrogens is 273 g/mol. The topological polar surface area (TPSA) is 12.9 Å². The first-order chi connectivity index (χ1) is 10.3. The quantitative estimate of drug-likeness (QED) is 0.612. The molecule has 1 unspecified atom stereocenters. The maximum absolute atomic E-state index is 4.79. The third-order valence-corrected chi connectivity index (χ3v) is 4.05. The highest BCUT2D eigenvalue weighted by Gasteiger charge is 2.11. The Morgan fingerprint density at radius 3 is 2.38 bits per heavy atom. The predicted molar refractivity (Wildman–Crippen MR) is 93.3 cm³/mol. The molecule has 0 radical (unpaired) electrons. The normalized spacial score (nSPS) is 10.6. The number of nitrogens with zero attached hydrogens (tertiary/aromatic N) is 1. The van der Waals surface area contributed by atoms with Gasteiger partial charge in [-0.05, 0) is 35.7 Å². The maximum Gasteiger partial charge on any atom is 0.0714 e. The Morgan fingerprint density at radius 1 is 0.857 bits per heavy atom. The van der Waals surface area contributed by atoms with Gasteiger partial charge in [0.1, 0.15) is 0 Å². The molecule has 0 amide bonds. The summed E-state index contributed by atoms with van der Waals surface area (Å²) in [4.78, 5) is 4.79. The van der Waals surface area contributed by atoms with Gasteiger partial charge in [0.15, 0.2) is 0 Å². The molecular formula is C19H18NP. The van der Waals surface area contributed by atoms with Gasteiger partial charge in [-0.15, -0.1) is 9.24 Å². The number of aryl methyl sites for hydroxylation is 1. The Balaban J connectivity index is 2.22. The first-order valence-corrected chi connectivity index (χ1v) is 7.92. The van der Waals surface area contributed by atoms with Crippen LogP contribution in [0.25, 0.3) is 22.4 Å².